The molecule has 23 heavy (non-hydrogen) atoms. The van der Waals surface area contributed by atoms with Crippen molar-refractivity contribution in [3.05, 3.63) is 48.0 Å². The lowest BCUT2D eigenvalue weighted by Crippen LogP contribution is -2.12. The van der Waals surface area contributed by atoms with E-state index in [1.54, 1.807) is 18.2 Å². The molecule has 0 spiro atoms. The minimum Gasteiger partial charge on any atom is -0.493 e. The number of methoxy groups -OCH3 is 2. The minimum absolute atomic E-state index is 0.196. The molecule has 0 aromatic heterocycles. The number of amides is 1. The lowest BCUT2D eigenvalue weighted by Gasteiger charge is -2.10. The lowest BCUT2D eigenvalue weighted by molar-refractivity contribution is 0.102. The first-order valence-electron chi connectivity index (χ1n) is 6.68. The highest BCUT2D eigenvalue weighted by atomic mass is 32.2. The molecule has 1 amide bonds. The van der Waals surface area contributed by atoms with Crippen LogP contribution in [0.3, 0.4) is 0 Å². The molecule has 0 saturated heterocycles. The molecule has 0 unspecified atom stereocenters. The zero-order chi connectivity index (χ0) is 17.0. The molecular weight excluding hydrogens is 318 g/mol. The summed E-state index contributed by atoms with van der Waals surface area (Å²) in [6.45, 7) is 0. The molecule has 6 nitrogen and oxygen atoms in total. The summed E-state index contributed by atoms with van der Waals surface area (Å²) in [5.74, 6) is 0.646. The van der Waals surface area contributed by atoms with Gasteiger partial charge in [0.2, 0.25) is 0 Å². The lowest BCUT2D eigenvalue weighted by atomic mass is 10.2. The van der Waals surface area contributed by atoms with Gasteiger partial charge in [-0.25, -0.2) is 8.42 Å². The Morgan fingerprint density at radius 1 is 0.957 bits per heavy atom. The van der Waals surface area contributed by atoms with Gasteiger partial charge in [-0.2, -0.15) is 0 Å². The number of nitrogens with one attached hydrogen (secondary N) is 1. The topological polar surface area (TPSA) is 81.7 Å². The third-order valence-corrected chi connectivity index (χ3v) is 4.31. The number of anilines is 1. The Balaban J connectivity index is 2.19. The fraction of sp³-hybridized carbons (Fsp3) is 0.188. The number of ether oxygens (including phenoxy) is 2. The van der Waals surface area contributed by atoms with Crippen molar-refractivity contribution in [3.63, 3.8) is 0 Å². The second kappa shape index (κ2) is 6.70. The van der Waals surface area contributed by atoms with E-state index in [1.165, 1.54) is 38.5 Å². The molecule has 0 aliphatic heterocycles. The second-order valence-corrected chi connectivity index (χ2v) is 6.84. The number of carbonyl (C=O) groups excluding carboxylic acids is 1. The molecule has 1 N–H and O–H groups in total. The van der Waals surface area contributed by atoms with Gasteiger partial charge in [0.15, 0.2) is 21.3 Å². The van der Waals surface area contributed by atoms with Crippen molar-refractivity contribution in [2.45, 2.75) is 4.90 Å². The van der Waals surface area contributed by atoms with Gasteiger partial charge in [-0.15, -0.1) is 0 Å². The first-order chi connectivity index (χ1) is 10.8. The molecule has 2 aromatic carbocycles. The molecular formula is C16H17NO5S. The molecule has 0 saturated carbocycles. The van der Waals surface area contributed by atoms with Gasteiger partial charge in [-0.3, -0.25) is 4.79 Å². The van der Waals surface area contributed by atoms with Crippen LogP contribution in [-0.4, -0.2) is 34.8 Å². The van der Waals surface area contributed by atoms with Crippen LogP contribution in [0, 0.1) is 0 Å². The third-order valence-electron chi connectivity index (χ3n) is 3.19. The predicted molar refractivity (Wildman–Crippen MR) is 87.1 cm³/mol. The third kappa shape index (κ3) is 4.01. The summed E-state index contributed by atoms with van der Waals surface area (Å²) in [4.78, 5) is 12.4. The average Bonchev–Trinajstić information content (AvgIpc) is 2.53. The SMILES string of the molecule is COc1ccc(C(=O)Nc2ccc(S(C)(=O)=O)cc2)cc1OC. The summed E-state index contributed by atoms with van der Waals surface area (Å²) in [6.07, 6.45) is 1.13. The Morgan fingerprint density at radius 2 is 1.57 bits per heavy atom. The highest BCUT2D eigenvalue weighted by molar-refractivity contribution is 7.90. The van der Waals surface area contributed by atoms with Crippen molar-refractivity contribution in [2.24, 2.45) is 0 Å². The number of hydrogen-bond acceptors (Lipinski definition) is 5. The fourth-order valence-corrected chi connectivity index (χ4v) is 2.60. The zero-order valence-corrected chi connectivity index (χ0v) is 13.8. The van der Waals surface area contributed by atoms with Crippen LogP contribution in [0.4, 0.5) is 5.69 Å². The number of sulfone groups is 1. The van der Waals surface area contributed by atoms with Gasteiger partial charge in [0.1, 0.15) is 0 Å². The van der Waals surface area contributed by atoms with Crippen molar-refractivity contribution >= 4 is 21.4 Å². The van der Waals surface area contributed by atoms with Crippen molar-refractivity contribution < 1.29 is 22.7 Å². The maximum Gasteiger partial charge on any atom is 0.255 e. The minimum atomic E-state index is -3.26. The van der Waals surface area contributed by atoms with Crippen LogP contribution in [0.1, 0.15) is 10.4 Å². The van der Waals surface area contributed by atoms with E-state index in [0.29, 0.717) is 22.7 Å². The first kappa shape index (κ1) is 16.8. The summed E-state index contributed by atoms with van der Waals surface area (Å²) in [6, 6.07) is 10.8. The maximum atomic E-state index is 12.2. The standard InChI is InChI=1S/C16H17NO5S/c1-21-14-9-4-11(10-15(14)22-2)16(18)17-12-5-7-13(8-6-12)23(3,19)20/h4-10H,1-3H3,(H,17,18). The Hall–Kier alpha value is -2.54. The summed E-state index contributed by atoms with van der Waals surface area (Å²) < 4.78 is 33.1. The van der Waals surface area contributed by atoms with E-state index < -0.39 is 9.84 Å². The quantitative estimate of drug-likeness (QED) is 0.907. The molecule has 0 radical (unpaired) electrons. The molecule has 0 fully saturated rings. The fourth-order valence-electron chi connectivity index (χ4n) is 1.97. The van der Waals surface area contributed by atoms with E-state index in [4.69, 9.17) is 9.47 Å². The van der Waals surface area contributed by atoms with Crippen molar-refractivity contribution in [1.82, 2.24) is 0 Å². The molecule has 0 atom stereocenters. The van der Waals surface area contributed by atoms with Crippen LogP contribution in [-0.2, 0) is 9.84 Å². The van der Waals surface area contributed by atoms with E-state index in [9.17, 15) is 13.2 Å². The first-order valence-corrected chi connectivity index (χ1v) is 8.58. The van der Waals surface area contributed by atoms with E-state index in [0.717, 1.165) is 6.26 Å². The van der Waals surface area contributed by atoms with Crippen molar-refractivity contribution in [3.8, 4) is 11.5 Å². The van der Waals surface area contributed by atoms with Gasteiger partial charge in [-0.1, -0.05) is 0 Å². The molecule has 7 heteroatoms. The van der Waals surface area contributed by atoms with Crippen LogP contribution < -0.4 is 14.8 Å². The smallest absolute Gasteiger partial charge is 0.255 e. The van der Waals surface area contributed by atoms with Gasteiger partial charge in [-0.05, 0) is 42.5 Å². The Morgan fingerprint density at radius 3 is 2.09 bits per heavy atom. The van der Waals surface area contributed by atoms with Crippen LogP contribution in [0.15, 0.2) is 47.4 Å². The van der Waals surface area contributed by atoms with Gasteiger partial charge >= 0.3 is 0 Å². The van der Waals surface area contributed by atoms with Crippen LogP contribution in [0.5, 0.6) is 11.5 Å². The molecule has 0 heterocycles. The van der Waals surface area contributed by atoms with E-state index in [1.807, 2.05) is 0 Å². The summed E-state index contributed by atoms with van der Waals surface area (Å²) >= 11 is 0. The highest BCUT2D eigenvalue weighted by Gasteiger charge is 2.12. The van der Waals surface area contributed by atoms with Gasteiger partial charge in [0.05, 0.1) is 19.1 Å². The number of benzene rings is 2. The van der Waals surface area contributed by atoms with E-state index in [2.05, 4.69) is 5.32 Å². The Bertz CT molecular complexity index is 813. The predicted octanol–water partition coefficient (Wildman–Crippen LogP) is 2.36. The van der Waals surface area contributed by atoms with E-state index in [-0.39, 0.29) is 10.8 Å². The van der Waals surface area contributed by atoms with Gasteiger partial charge < -0.3 is 14.8 Å². The second-order valence-electron chi connectivity index (χ2n) is 4.82. The highest BCUT2D eigenvalue weighted by Crippen LogP contribution is 2.27. The number of rotatable bonds is 5. The van der Waals surface area contributed by atoms with Crippen LogP contribution >= 0.6 is 0 Å². The van der Waals surface area contributed by atoms with Gasteiger partial charge in [0.25, 0.3) is 5.91 Å². The summed E-state index contributed by atoms with van der Waals surface area (Å²) in [5, 5.41) is 2.70. The Kier molecular flexibility index (Phi) is 4.90. The Labute approximate surface area is 135 Å². The summed E-state index contributed by atoms with van der Waals surface area (Å²) in [7, 11) is -0.256. The van der Waals surface area contributed by atoms with Crippen LogP contribution in [0.2, 0.25) is 0 Å². The monoisotopic (exact) mass is 335 g/mol. The molecule has 2 rings (SSSR count). The average molecular weight is 335 g/mol. The van der Waals surface area contributed by atoms with Crippen molar-refractivity contribution in [2.75, 3.05) is 25.8 Å². The maximum absolute atomic E-state index is 12.2. The van der Waals surface area contributed by atoms with E-state index >= 15 is 0 Å². The van der Waals surface area contributed by atoms with Crippen molar-refractivity contribution in [1.29, 1.82) is 0 Å². The normalized spacial score (nSPS) is 10.9. The molecule has 2 aromatic rings. The molecule has 0 bridgehead atoms. The number of carbonyl (C=O) groups is 1. The largest absolute Gasteiger partial charge is 0.493 e. The molecule has 0 aliphatic rings. The summed E-state index contributed by atoms with van der Waals surface area (Å²) in [5.41, 5.74) is 0.895. The molecule has 122 valence electrons. The zero-order valence-electron chi connectivity index (χ0n) is 13.0. The number of hydrogen-bond donors (Lipinski definition) is 1. The molecule has 0 aliphatic carbocycles. The van der Waals surface area contributed by atoms with Gasteiger partial charge in [0, 0.05) is 17.5 Å². The van der Waals surface area contributed by atoms with Crippen LogP contribution in [0.25, 0.3) is 0 Å².